The lowest BCUT2D eigenvalue weighted by atomic mass is 9.86. The van der Waals surface area contributed by atoms with E-state index >= 15 is 0 Å². The third kappa shape index (κ3) is 4.84. The molecule has 2 nitrogen and oxygen atoms in total. The first-order valence-electron chi connectivity index (χ1n) is 17.5. The zero-order valence-electron chi connectivity index (χ0n) is 27.9. The molecule has 238 valence electrons. The summed E-state index contributed by atoms with van der Waals surface area (Å²) in [5.41, 5.74) is 12.9. The SMILES string of the molecule is c1ccc(-c2c3ccccc3c(-c3ccc(-c4ccc(-c5ccc6c(c5)c5ccccc5n6-c5ccccc5)cc4)nc3)c3ccccc23)cc1. The second-order valence-electron chi connectivity index (χ2n) is 13.1. The van der Waals surface area contributed by atoms with Crippen molar-refractivity contribution in [2.45, 2.75) is 0 Å². The highest BCUT2D eigenvalue weighted by Crippen LogP contribution is 2.43. The maximum Gasteiger partial charge on any atom is 0.0702 e. The Balaban J connectivity index is 1.02. The Kier molecular flexibility index (Phi) is 6.85. The summed E-state index contributed by atoms with van der Waals surface area (Å²) in [5, 5.41) is 7.48. The third-order valence-electron chi connectivity index (χ3n) is 10.2. The molecule has 8 aromatic carbocycles. The molecule has 51 heavy (non-hydrogen) atoms. The summed E-state index contributed by atoms with van der Waals surface area (Å²) in [5.74, 6) is 0. The van der Waals surface area contributed by atoms with E-state index in [1.54, 1.807) is 0 Å². The second-order valence-corrected chi connectivity index (χ2v) is 13.1. The first kappa shape index (κ1) is 29.2. The summed E-state index contributed by atoms with van der Waals surface area (Å²) in [6.07, 6.45) is 2.04. The zero-order valence-corrected chi connectivity index (χ0v) is 27.9. The van der Waals surface area contributed by atoms with Gasteiger partial charge in [0.05, 0.1) is 16.7 Å². The number of para-hydroxylation sites is 2. The number of pyridine rings is 1. The molecular formula is C49H32N2. The minimum atomic E-state index is 0.959. The van der Waals surface area contributed by atoms with Gasteiger partial charge in [-0.15, -0.1) is 0 Å². The van der Waals surface area contributed by atoms with Crippen molar-refractivity contribution < 1.29 is 0 Å². The highest BCUT2D eigenvalue weighted by Gasteiger charge is 2.17. The molecule has 0 aliphatic carbocycles. The van der Waals surface area contributed by atoms with E-state index in [1.807, 2.05) is 6.20 Å². The van der Waals surface area contributed by atoms with E-state index in [0.29, 0.717) is 0 Å². The fourth-order valence-corrected chi connectivity index (χ4v) is 7.91. The first-order valence-corrected chi connectivity index (χ1v) is 17.5. The van der Waals surface area contributed by atoms with Gasteiger partial charge in [0.1, 0.15) is 0 Å². The Bertz CT molecular complexity index is 2810. The van der Waals surface area contributed by atoms with Crippen LogP contribution in [-0.4, -0.2) is 9.55 Å². The number of hydrogen-bond donors (Lipinski definition) is 0. The Labute approximate surface area is 296 Å². The van der Waals surface area contributed by atoms with Gasteiger partial charge >= 0.3 is 0 Å². The van der Waals surface area contributed by atoms with Crippen LogP contribution in [0.2, 0.25) is 0 Å². The first-order chi connectivity index (χ1) is 25.3. The molecule has 0 aliphatic rings. The lowest BCUT2D eigenvalue weighted by Crippen LogP contribution is -1.92. The summed E-state index contributed by atoms with van der Waals surface area (Å²) < 4.78 is 2.36. The lowest BCUT2D eigenvalue weighted by Gasteiger charge is -2.17. The number of fused-ring (bicyclic) bond motifs is 5. The average Bonchev–Trinajstić information content (AvgIpc) is 3.54. The van der Waals surface area contributed by atoms with E-state index in [0.717, 1.165) is 16.8 Å². The van der Waals surface area contributed by atoms with Crippen molar-refractivity contribution in [3.05, 3.63) is 194 Å². The molecule has 10 aromatic rings. The Morgan fingerprint density at radius 1 is 0.314 bits per heavy atom. The van der Waals surface area contributed by atoms with Gasteiger partial charge in [-0.2, -0.15) is 0 Å². The normalized spacial score (nSPS) is 11.5. The van der Waals surface area contributed by atoms with Crippen LogP contribution in [0.3, 0.4) is 0 Å². The van der Waals surface area contributed by atoms with Crippen molar-refractivity contribution in [2.75, 3.05) is 0 Å². The summed E-state index contributed by atoms with van der Waals surface area (Å²) in [6.45, 7) is 0. The van der Waals surface area contributed by atoms with Crippen molar-refractivity contribution in [3.63, 3.8) is 0 Å². The molecule has 0 spiro atoms. The molecular weight excluding hydrogens is 617 g/mol. The van der Waals surface area contributed by atoms with Crippen LogP contribution in [-0.2, 0) is 0 Å². The molecule has 0 atom stereocenters. The monoisotopic (exact) mass is 648 g/mol. The van der Waals surface area contributed by atoms with Gasteiger partial charge < -0.3 is 4.57 Å². The number of hydrogen-bond acceptors (Lipinski definition) is 1. The van der Waals surface area contributed by atoms with Crippen molar-refractivity contribution in [2.24, 2.45) is 0 Å². The van der Waals surface area contributed by atoms with E-state index in [4.69, 9.17) is 4.98 Å². The number of aromatic nitrogens is 2. The predicted octanol–water partition coefficient (Wildman–Crippen LogP) is 13.2. The summed E-state index contributed by atoms with van der Waals surface area (Å²) >= 11 is 0. The van der Waals surface area contributed by atoms with Crippen LogP contribution in [0.25, 0.3) is 93.7 Å². The van der Waals surface area contributed by atoms with Gasteiger partial charge in [-0.25, -0.2) is 0 Å². The van der Waals surface area contributed by atoms with Gasteiger partial charge in [-0.3, -0.25) is 4.98 Å². The minimum Gasteiger partial charge on any atom is -0.309 e. The highest BCUT2D eigenvalue weighted by molar-refractivity contribution is 6.21. The van der Waals surface area contributed by atoms with Crippen LogP contribution < -0.4 is 0 Å². The topological polar surface area (TPSA) is 17.8 Å². The molecule has 0 fully saturated rings. The number of nitrogens with zero attached hydrogens (tertiary/aromatic N) is 2. The van der Waals surface area contributed by atoms with Gasteiger partial charge in [-0.1, -0.05) is 152 Å². The molecule has 10 rings (SSSR count). The standard InChI is InChI=1S/C49H32N2/c1-3-13-35(14-4-1)48-40-18-7-9-20-42(40)49(43-21-10-8-19-41(43)48)37-27-29-45(50-32-37)34-25-23-33(24-26-34)36-28-30-47-44(31-36)39-17-11-12-22-46(39)51(47)38-15-5-2-6-16-38/h1-32H. The zero-order chi connectivity index (χ0) is 33.7. The summed E-state index contributed by atoms with van der Waals surface area (Å²) in [7, 11) is 0. The Morgan fingerprint density at radius 3 is 1.43 bits per heavy atom. The maximum atomic E-state index is 5.03. The molecule has 0 amide bonds. The van der Waals surface area contributed by atoms with E-state index in [-0.39, 0.29) is 0 Å². The third-order valence-corrected chi connectivity index (χ3v) is 10.2. The fourth-order valence-electron chi connectivity index (χ4n) is 7.91. The smallest absolute Gasteiger partial charge is 0.0702 e. The van der Waals surface area contributed by atoms with Gasteiger partial charge in [0.15, 0.2) is 0 Å². The fraction of sp³-hybridized carbons (Fsp3) is 0. The van der Waals surface area contributed by atoms with E-state index in [1.165, 1.54) is 76.9 Å². The average molecular weight is 649 g/mol. The molecule has 0 saturated carbocycles. The molecule has 0 radical (unpaired) electrons. The van der Waals surface area contributed by atoms with Gasteiger partial charge in [0.2, 0.25) is 0 Å². The van der Waals surface area contributed by atoms with Crippen LogP contribution in [0, 0.1) is 0 Å². The molecule has 0 N–H and O–H groups in total. The van der Waals surface area contributed by atoms with E-state index in [9.17, 15) is 0 Å². The molecule has 2 aromatic heterocycles. The second kappa shape index (κ2) is 12.0. The maximum absolute atomic E-state index is 5.03. The predicted molar refractivity (Wildman–Crippen MR) is 215 cm³/mol. The highest BCUT2D eigenvalue weighted by atomic mass is 15.0. The van der Waals surface area contributed by atoms with Crippen LogP contribution >= 0.6 is 0 Å². The Hall–Kier alpha value is -6.77. The molecule has 0 aliphatic heterocycles. The van der Waals surface area contributed by atoms with Crippen LogP contribution in [0.4, 0.5) is 0 Å². The van der Waals surface area contributed by atoms with E-state index < -0.39 is 0 Å². The summed E-state index contributed by atoms with van der Waals surface area (Å²) in [4.78, 5) is 5.03. The van der Waals surface area contributed by atoms with Gasteiger partial charge in [0, 0.05) is 33.8 Å². The Morgan fingerprint density at radius 2 is 0.804 bits per heavy atom. The molecule has 0 saturated heterocycles. The van der Waals surface area contributed by atoms with Crippen LogP contribution in [0.15, 0.2) is 194 Å². The van der Waals surface area contributed by atoms with Gasteiger partial charge in [-0.05, 0) is 85.8 Å². The molecule has 0 bridgehead atoms. The van der Waals surface area contributed by atoms with Crippen LogP contribution in [0.5, 0.6) is 0 Å². The number of benzene rings is 8. The van der Waals surface area contributed by atoms with Crippen molar-refractivity contribution in [1.82, 2.24) is 9.55 Å². The van der Waals surface area contributed by atoms with Crippen LogP contribution in [0.1, 0.15) is 0 Å². The molecule has 0 unspecified atom stereocenters. The van der Waals surface area contributed by atoms with Crippen molar-refractivity contribution >= 4 is 43.4 Å². The van der Waals surface area contributed by atoms with E-state index in [2.05, 4.69) is 193 Å². The summed E-state index contributed by atoms with van der Waals surface area (Å²) in [6, 6.07) is 67.5. The van der Waals surface area contributed by atoms with Crippen molar-refractivity contribution in [1.29, 1.82) is 0 Å². The lowest BCUT2D eigenvalue weighted by molar-refractivity contribution is 1.18. The largest absolute Gasteiger partial charge is 0.309 e. The minimum absolute atomic E-state index is 0.959. The number of rotatable bonds is 5. The molecule has 2 heterocycles. The molecule has 2 heteroatoms. The van der Waals surface area contributed by atoms with Crippen molar-refractivity contribution in [3.8, 4) is 50.3 Å². The quantitative estimate of drug-likeness (QED) is 0.170. The van der Waals surface area contributed by atoms with Gasteiger partial charge in [0.25, 0.3) is 0 Å².